The predicted octanol–water partition coefficient (Wildman–Crippen LogP) is 2.86. The molecular formula is C14H23ClN4O. The van der Waals surface area contributed by atoms with Gasteiger partial charge in [0, 0.05) is 19.8 Å². The lowest BCUT2D eigenvalue weighted by molar-refractivity contribution is 0.256. The first-order valence-corrected chi connectivity index (χ1v) is 6.46. The number of nitrogens with zero attached hydrogens (tertiary/aromatic N) is 2. The number of urea groups is 1. The molecule has 0 saturated heterocycles. The molecule has 0 unspecified atom stereocenters. The summed E-state index contributed by atoms with van der Waals surface area (Å²) in [5.41, 5.74) is 3.18. The highest BCUT2D eigenvalue weighted by Gasteiger charge is 2.08. The number of aryl methyl sites for hydroxylation is 2. The Bertz CT molecular complexity index is 438. The molecule has 5 nitrogen and oxygen atoms in total. The standard InChI is InChI=1S/C14H22N4O.ClH/c1-5-11-8-7-9-12(6-2)13(11)17-14(19)15-10-16-18(3)4;/h7-10H,5-6H2,1-4H3,(H2,15,16,17,19);1H. The highest BCUT2D eigenvalue weighted by Crippen LogP contribution is 2.22. The van der Waals surface area contributed by atoms with Crippen LogP contribution in [0, 0.1) is 0 Å². The normalized spacial score (nSPS) is 10.0. The van der Waals surface area contributed by atoms with Crippen molar-refractivity contribution >= 4 is 30.5 Å². The van der Waals surface area contributed by atoms with Gasteiger partial charge in [0.25, 0.3) is 0 Å². The summed E-state index contributed by atoms with van der Waals surface area (Å²) in [6, 6.07) is 5.81. The molecule has 112 valence electrons. The Labute approximate surface area is 126 Å². The van der Waals surface area contributed by atoms with Gasteiger partial charge in [-0.1, -0.05) is 32.0 Å². The minimum Gasteiger partial charge on any atom is -0.307 e. The van der Waals surface area contributed by atoms with Crippen molar-refractivity contribution in [2.45, 2.75) is 26.7 Å². The molecule has 0 bridgehead atoms. The zero-order valence-electron chi connectivity index (χ0n) is 12.4. The first-order valence-electron chi connectivity index (χ1n) is 6.46. The van der Waals surface area contributed by atoms with Crippen molar-refractivity contribution in [2.24, 2.45) is 5.10 Å². The number of anilines is 1. The number of carbonyl (C=O) groups is 1. The monoisotopic (exact) mass is 298 g/mol. The molecule has 0 aliphatic heterocycles. The average molecular weight is 299 g/mol. The molecule has 0 spiro atoms. The first-order chi connectivity index (χ1) is 9.08. The average Bonchev–Trinajstić information content (AvgIpc) is 2.38. The van der Waals surface area contributed by atoms with Crippen LogP contribution in [0.3, 0.4) is 0 Å². The second-order valence-electron chi connectivity index (χ2n) is 4.35. The number of halogens is 1. The van der Waals surface area contributed by atoms with Crippen LogP contribution in [-0.4, -0.2) is 31.5 Å². The molecule has 1 aromatic carbocycles. The van der Waals surface area contributed by atoms with E-state index in [1.165, 1.54) is 6.34 Å². The minimum atomic E-state index is -0.277. The maximum atomic E-state index is 11.8. The Morgan fingerprint density at radius 1 is 1.25 bits per heavy atom. The van der Waals surface area contributed by atoms with Crippen LogP contribution in [0.5, 0.6) is 0 Å². The van der Waals surface area contributed by atoms with Crippen molar-refractivity contribution in [1.82, 2.24) is 10.3 Å². The molecule has 2 N–H and O–H groups in total. The van der Waals surface area contributed by atoms with Crippen LogP contribution in [0.25, 0.3) is 0 Å². The van der Waals surface area contributed by atoms with Crippen LogP contribution < -0.4 is 10.6 Å². The van der Waals surface area contributed by atoms with Gasteiger partial charge in [-0.15, -0.1) is 12.4 Å². The van der Waals surface area contributed by atoms with Gasteiger partial charge in [-0.05, 0) is 24.0 Å². The summed E-state index contributed by atoms with van der Waals surface area (Å²) in [4.78, 5) is 11.8. The van der Waals surface area contributed by atoms with Crippen molar-refractivity contribution in [2.75, 3.05) is 19.4 Å². The van der Waals surface area contributed by atoms with E-state index in [9.17, 15) is 4.79 Å². The molecule has 6 heteroatoms. The number of hydrogen-bond donors (Lipinski definition) is 2. The van der Waals surface area contributed by atoms with Crippen molar-refractivity contribution in [3.05, 3.63) is 29.3 Å². The lowest BCUT2D eigenvalue weighted by Crippen LogP contribution is -2.29. The Hall–Kier alpha value is -1.75. The van der Waals surface area contributed by atoms with Crippen LogP contribution in [0.2, 0.25) is 0 Å². The molecule has 20 heavy (non-hydrogen) atoms. The summed E-state index contributed by atoms with van der Waals surface area (Å²) in [6.45, 7) is 4.15. The molecule has 0 atom stereocenters. The van der Waals surface area contributed by atoms with E-state index in [1.54, 1.807) is 19.1 Å². The number of hydrazone groups is 1. The fourth-order valence-corrected chi connectivity index (χ4v) is 1.76. The summed E-state index contributed by atoms with van der Waals surface area (Å²) in [7, 11) is 3.58. The van der Waals surface area contributed by atoms with Gasteiger partial charge in [0.2, 0.25) is 0 Å². The Kier molecular flexibility index (Phi) is 8.40. The first kappa shape index (κ1) is 18.2. The van der Waals surface area contributed by atoms with Crippen molar-refractivity contribution in [1.29, 1.82) is 0 Å². The van der Waals surface area contributed by atoms with Crippen molar-refractivity contribution in [3.63, 3.8) is 0 Å². The second kappa shape index (κ2) is 9.20. The largest absolute Gasteiger partial charge is 0.324 e. The third-order valence-corrected chi connectivity index (χ3v) is 2.72. The molecule has 2 amide bonds. The highest BCUT2D eigenvalue weighted by molar-refractivity contribution is 5.97. The van der Waals surface area contributed by atoms with Crippen molar-refractivity contribution in [3.8, 4) is 0 Å². The summed E-state index contributed by atoms with van der Waals surface area (Å²) >= 11 is 0. The van der Waals surface area contributed by atoms with Gasteiger partial charge >= 0.3 is 6.03 Å². The molecule has 1 rings (SSSR count). The van der Waals surface area contributed by atoms with Crippen LogP contribution in [0.1, 0.15) is 25.0 Å². The summed E-state index contributed by atoms with van der Waals surface area (Å²) < 4.78 is 0. The third kappa shape index (κ3) is 5.48. The zero-order valence-corrected chi connectivity index (χ0v) is 13.3. The van der Waals surface area contributed by atoms with E-state index >= 15 is 0 Å². The van der Waals surface area contributed by atoms with Gasteiger partial charge < -0.3 is 10.3 Å². The number of nitrogens with one attached hydrogen (secondary N) is 2. The molecule has 0 saturated carbocycles. The van der Waals surface area contributed by atoms with E-state index in [1.807, 2.05) is 18.2 Å². The lowest BCUT2D eigenvalue weighted by Gasteiger charge is -2.14. The SMILES string of the molecule is CCc1cccc(CC)c1NC(=O)NC=NN(C)C.Cl. The van der Waals surface area contributed by atoms with Gasteiger partial charge in [0.15, 0.2) is 0 Å². The number of para-hydroxylation sites is 1. The predicted molar refractivity (Wildman–Crippen MR) is 86.8 cm³/mol. The number of carbonyl (C=O) groups excluding carboxylic acids is 1. The van der Waals surface area contributed by atoms with Crippen LogP contribution in [-0.2, 0) is 12.8 Å². The number of rotatable bonds is 5. The highest BCUT2D eigenvalue weighted by atomic mass is 35.5. The Balaban J connectivity index is 0.00000361. The van der Waals surface area contributed by atoms with Crippen LogP contribution in [0.15, 0.2) is 23.3 Å². The lowest BCUT2D eigenvalue weighted by atomic mass is 10.0. The molecule has 0 aliphatic carbocycles. The molecule has 0 fully saturated rings. The molecule has 0 aliphatic rings. The van der Waals surface area contributed by atoms with Gasteiger partial charge in [0.1, 0.15) is 6.34 Å². The van der Waals surface area contributed by atoms with Gasteiger partial charge in [-0.3, -0.25) is 5.32 Å². The van der Waals surface area contributed by atoms with E-state index in [-0.39, 0.29) is 18.4 Å². The third-order valence-electron chi connectivity index (χ3n) is 2.72. The Morgan fingerprint density at radius 3 is 2.25 bits per heavy atom. The molecular weight excluding hydrogens is 276 g/mol. The second-order valence-corrected chi connectivity index (χ2v) is 4.35. The van der Waals surface area contributed by atoms with Crippen molar-refractivity contribution < 1.29 is 4.79 Å². The quantitative estimate of drug-likeness (QED) is 0.499. The maximum absolute atomic E-state index is 11.8. The fraction of sp³-hybridized carbons (Fsp3) is 0.429. The summed E-state index contributed by atoms with van der Waals surface area (Å²) in [5.74, 6) is 0. The molecule has 0 aromatic heterocycles. The van der Waals surface area contributed by atoms with E-state index in [2.05, 4.69) is 29.6 Å². The zero-order chi connectivity index (χ0) is 14.3. The number of hydrogen-bond acceptors (Lipinski definition) is 3. The summed E-state index contributed by atoms with van der Waals surface area (Å²) in [5, 5.41) is 11.0. The van der Waals surface area contributed by atoms with Gasteiger partial charge in [-0.25, -0.2) is 4.79 Å². The summed E-state index contributed by atoms with van der Waals surface area (Å²) in [6.07, 6.45) is 3.14. The number of amides is 2. The maximum Gasteiger partial charge on any atom is 0.324 e. The molecule has 0 radical (unpaired) electrons. The topological polar surface area (TPSA) is 56.7 Å². The molecule has 0 heterocycles. The van der Waals surface area contributed by atoms with E-state index < -0.39 is 0 Å². The smallest absolute Gasteiger partial charge is 0.307 e. The fourth-order valence-electron chi connectivity index (χ4n) is 1.76. The van der Waals surface area contributed by atoms with Crippen LogP contribution in [0.4, 0.5) is 10.5 Å². The minimum absolute atomic E-state index is 0. The van der Waals surface area contributed by atoms with Gasteiger partial charge in [-0.2, -0.15) is 5.10 Å². The number of benzene rings is 1. The van der Waals surface area contributed by atoms with E-state index in [0.29, 0.717) is 0 Å². The molecule has 1 aromatic rings. The van der Waals surface area contributed by atoms with Gasteiger partial charge in [0.05, 0.1) is 0 Å². The Morgan fingerprint density at radius 2 is 1.80 bits per heavy atom. The van der Waals surface area contributed by atoms with Crippen LogP contribution >= 0.6 is 12.4 Å². The van der Waals surface area contributed by atoms with E-state index in [0.717, 1.165) is 29.7 Å². The van der Waals surface area contributed by atoms with E-state index in [4.69, 9.17) is 0 Å².